The van der Waals surface area contributed by atoms with Crippen LogP contribution in [0.15, 0.2) is 11.4 Å². The molecule has 0 spiro atoms. The van der Waals surface area contributed by atoms with Gasteiger partial charge in [0.2, 0.25) is 0 Å². The van der Waals surface area contributed by atoms with Gasteiger partial charge < -0.3 is 0 Å². The van der Waals surface area contributed by atoms with Gasteiger partial charge in [-0.2, -0.15) is 0 Å². The maximum absolute atomic E-state index is 11.3. The minimum atomic E-state index is -2.97. The second kappa shape index (κ2) is 4.55. The van der Waals surface area contributed by atoms with Crippen LogP contribution in [-0.4, -0.2) is 24.8 Å². The minimum Gasteiger partial charge on any atom is -0.258 e. The van der Waals surface area contributed by atoms with E-state index in [9.17, 15) is 18.5 Å². The molecule has 2 heterocycles. The van der Waals surface area contributed by atoms with Crippen LogP contribution in [0.25, 0.3) is 0 Å². The van der Waals surface area contributed by atoms with Crippen LogP contribution in [0.4, 0.5) is 5.00 Å². The van der Waals surface area contributed by atoms with Crippen molar-refractivity contribution in [2.45, 2.75) is 11.8 Å². The Balaban J connectivity index is 2.14. The van der Waals surface area contributed by atoms with Crippen molar-refractivity contribution in [3.05, 3.63) is 27.1 Å². The lowest BCUT2D eigenvalue weighted by molar-refractivity contribution is -0.380. The Hall–Kier alpha value is -0.660. The first kappa shape index (κ1) is 12.8. The van der Waals surface area contributed by atoms with Crippen molar-refractivity contribution in [2.24, 2.45) is 5.92 Å². The fourth-order valence-corrected chi connectivity index (χ4v) is 5.03. The van der Waals surface area contributed by atoms with E-state index in [4.69, 9.17) is 11.6 Å². The van der Waals surface area contributed by atoms with Gasteiger partial charge in [-0.3, -0.25) is 10.1 Å². The van der Waals surface area contributed by atoms with E-state index < -0.39 is 20.1 Å². The van der Waals surface area contributed by atoms with Crippen LogP contribution in [0, 0.1) is 16.0 Å². The lowest BCUT2D eigenvalue weighted by atomic mass is 10.0. The van der Waals surface area contributed by atoms with Gasteiger partial charge in [0, 0.05) is 11.4 Å². The van der Waals surface area contributed by atoms with Crippen LogP contribution < -0.4 is 0 Å². The molecule has 1 aromatic heterocycles. The lowest BCUT2D eigenvalue weighted by Gasteiger charge is -2.13. The first-order chi connectivity index (χ1) is 7.89. The Labute approximate surface area is 107 Å². The van der Waals surface area contributed by atoms with Gasteiger partial charge in [-0.05, 0) is 17.9 Å². The Kier molecular flexibility index (Phi) is 3.42. The van der Waals surface area contributed by atoms with E-state index in [1.54, 1.807) is 5.38 Å². The standard InChI is InChI=1S/C9H10ClNO4S2/c10-9(6-1-2-17(14,15)5-6)7-3-8(11(12)13)16-4-7/h3-4,6,9H,1-2,5H2. The van der Waals surface area contributed by atoms with Crippen LogP contribution in [0.1, 0.15) is 17.4 Å². The summed E-state index contributed by atoms with van der Waals surface area (Å²) in [6.45, 7) is 0. The SMILES string of the molecule is O=[N+]([O-])c1cc(C(Cl)C2CCS(=O)(=O)C2)cs1. The Bertz CT molecular complexity index is 539. The number of rotatable bonds is 3. The zero-order valence-electron chi connectivity index (χ0n) is 8.71. The molecule has 5 nitrogen and oxygen atoms in total. The molecule has 0 bridgehead atoms. The first-order valence-corrected chi connectivity index (χ1v) is 8.10. The van der Waals surface area contributed by atoms with E-state index >= 15 is 0 Å². The fraction of sp³-hybridized carbons (Fsp3) is 0.556. The highest BCUT2D eigenvalue weighted by Crippen LogP contribution is 2.39. The third kappa shape index (κ3) is 2.78. The number of thiophene rings is 1. The average Bonchev–Trinajstić information content (AvgIpc) is 2.83. The number of halogens is 1. The number of nitrogens with zero attached hydrogens (tertiary/aromatic N) is 1. The summed E-state index contributed by atoms with van der Waals surface area (Å²) in [4.78, 5) is 10.1. The first-order valence-electron chi connectivity index (χ1n) is 4.96. The Morgan fingerprint density at radius 3 is 2.76 bits per heavy atom. The van der Waals surface area contributed by atoms with Crippen LogP contribution >= 0.6 is 22.9 Å². The minimum absolute atomic E-state index is 0.0338. The second-order valence-corrected chi connectivity index (χ2v) is 7.63. The molecule has 1 aliphatic heterocycles. The highest BCUT2D eigenvalue weighted by atomic mass is 35.5. The van der Waals surface area contributed by atoms with E-state index in [1.807, 2.05) is 0 Å². The summed E-state index contributed by atoms with van der Waals surface area (Å²) < 4.78 is 22.7. The third-order valence-corrected chi connectivity index (χ3v) is 6.09. The van der Waals surface area contributed by atoms with E-state index in [0.29, 0.717) is 12.0 Å². The van der Waals surface area contributed by atoms with Crippen molar-refractivity contribution in [1.29, 1.82) is 0 Å². The van der Waals surface area contributed by atoms with Crippen molar-refractivity contribution in [1.82, 2.24) is 0 Å². The zero-order chi connectivity index (χ0) is 12.6. The van der Waals surface area contributed by atoms with E-state index in [1.165, 1.54) is 6.07 Å². The van der Waals surface area contributed by atoms with Crippen LogP contribution in [0.5, 0.6) is 0 Å². The van der Waals surface area contributed by atoms with Crippen molar-refractivity contribution < 1.29 is 13.3 Å². The number of hydrogen-bond acceptors (Lipinski definition) is 5. The molecular weight excluding hydrogens is 286 g/mol. The van der Waals surface area contributed by atoms with Crippen molar-refractivity contribution in [3.8, 4) is 0 Å². The highest BCUT2D eigenvalue weighted by Gasteiger charge is 2.34. The van der Waals surface area contributed by atoms with Crippen molar-refractivity contribution in [2.75, 3.05) is 11.5 Å². The zero-order valence-corrected chi connectivity index (χ0v) is 11.1. The number of alkyl halides is 1. The molecule has 2 rings (SSSR count). The summed E-state index contributed by atoms with van der Waals surface area (Å²) in [5.41, 5.74) is 0.644. The molecule has 0 aromatic carbocycles. The number of nitro groups is 1. The van der Waals surface area contributed by atoms with Crippen LogP contribution in [0.3, 0.4) is 0 Å². The third-order valence-electron chi connectivity index (χ3n) is 2.79. The van der Waals surface area contributed by atoms with E-state index in [-0.39, 0.29) is 22.4 Å². The van der Waals surface area contributed by atoms with Gasteiger partial charge in [0.05, 0.1) is 21.8 Å². The molecule has 2 atom stereocenters. The smallest absolute Gasteiger partial charge is 0.258 e. The molecule has 2 unspecified atom stereocenters. The maximum atomic E-state index is 11.3. The second-order valence-electron chi connectivity index (χ2n) is 4.04. The monoisotopic (exact) mass is 295 g/mol. The molecule has 0 radical (unpaired) electrons. The quantitative estimate of drug-likeness (QED) is 0.487. The summed E-state index contributed by atoms with van der Waals surface area (Å²) in [5.74, 6) is 0.0913. The predicted molar refractivity (Wildman–Crippen MR) is 66.3 cm³/mol. The molecule has 0 aliphatic carbocycles. The molecule has 1 aromatic rings. The van der Waals surface area contributed by atoms with Gasteiger partial charge in [0.25, 0.3) is 0 Å². The molecule has 0 N–H and O–H groups in total. The maximum Gasteiger partial charge on any atom is 0.324 e. The molecule has 0 amide bonds. The van der Waals surface area contributed by atoms with Crippen LogP contribution in [-0.2, 0) is 9.84 Å². The topological polar surface area (TPSA) is 77.3 Å². The molecule has 94 valence electrons. The predicted octanol–water partition coefficient (Wildman–Crippen LogP) is 2.37. The molecule has 1 fully saturated rings. The molecule has 1 saturated heterocycles. The summed E-state index contributed by atoms with van der Waals surface area (Å²) in [6, 6.07) is 1.42. The molecule has 1 aliphatic rings. The molecule has 0 saturated carbocycles. The molecule has 17 heavy (non-hydrogen) atoms. The van der Waals surface area contributed by atoms with Crippen molar-refractivity contribution >= 4 is 37.8 Å². The van der Waals surface area contributed by atoms with Gasteiger partial charge in [-0.25, -0.2) is 8.42 Å². The summed E-state index contributed by atoms with van der Waals surface area (Å²) in [5, 5.41) is 11.7. The van der Waals surface area contributed by atoms with Gasteiger partial charge >= 0.3 is 5.00 Å². The van der Waals surface area contributed by atoms with E-state index in [2.05, 4.69) is 0 Å². The van der Waals surface area contributed by atoms with Gasteiger partial charge in [-0.1, -0.05) is 11.3 Å². The average molecular weight is 296 g/mol. The highest BCUT2D eigenvalue weighted by molar-refractivity contribution is 7.91. The van der Waals surface area contributed by atoms with Gasteiger partial charge in [0.1, 0.15) is 0 Å². The Morgan fingerprint density at radius 2 is 2.29 bits per heavy atom. The summed E-state index contributed by atoms with van der Waals surface area (Å²) in [6.07, 6.45) is 0.528. The van der Waals surface area contributed by atoms with Gasteiger partial charge in [0.15, 0.2) is 9.84 Å². The lowest BCUT2D eigenvalue weighted by Crippen LogP contribution is -2.09. The van der Waals surface area contributed by atoms with Crippen molar-refractivity contribution in [3.63, 3.8) is 0 Å². The molecule has 8 heteroatoms. The van der Waals surface area contributed by atoms with E-state index in [0.717, 1.165) is 11.3 Å². The normalized spacial score (nSPS) is 24.6. The van der Waals surface area contributed by atoms with Gasteiger partial charge in [-0.15, -0.1) is 11.6 Å². The van der Waals surface area contributed by atoms with Crippen LogP contribution in [0.2, 0.25) is 0 Å². The fourth-order valence-electron chi connectivity index (χ4n) is 1.91. The summed E-state index contributed by atoms with van der Waals surface area (Å²) in [7, 11) is -2.97. The number of hydrogen-bond donors (Lipinski definition) is 0. The number of sulfone groups is 1. The summed E-state index contributed by atoms with van der Waals surface area (Å²) >= 11 is 7.19. The molecular formula is C9H10ClNO4S2. The Morgan fingerprint density at radius 1 is 1.59 bits per heavy atom. The largest absolute Gasteiger partial charge is 0.324 e.